The molecule has 2 rings (SSSR count). The normalized spacial score (nSPS) is 15.4. The van der Waals surface area contributed by atoms with Crippen molar-refractivity contribution in [3.05, 3.63) is 35.4 Å². The zero-order valence-corrected chi connectivity index (χ0v) is 10.9. The Morgan fingerprint density at radius 1 is 1.50 bits per heavy atom. The molecular formula is C14H19N3O. The van der Waals surface area contributed by atoms with Crippen LogP contribution in [0.2, 0.25) is 0 Å². The van der Waals surface area contributed by atoms with Crippen molar-refractivity contribution in [2.75, 3.05) is 6.54 Å². The number of rotatable bonds is 4. The predicted molar refractivity (Wildman–Crippen MR) is 71.6 cm³/mol. The van der Waals surface area contributed by atoms with Gasteiger partial charge in [-0.25, -0.2) is 0 Å². The molecule has 2 N–H and O–H groups in total. The van der Waals surface area contributed by atoms with Gasteiger partial charge >= 0.3 is 0 Å². The molecule has 18 heavy (non-hydrogen) atoms. The lowest BCUT2D eigenvalue weighted by molar-refractivity contribution is -0.124. The lowest BCUT2D eigenvalue weighted by atomic mass is 10.1. The van der Waals surface area contributed by atoms with Gasteiger partial charge in [-0.2, -0.15) is 0 Å². The van der Waals surface area contributed by atoms with Crippen LogP contribution in [0, 0.1) is 5.41 Å². The summed E-state index contributed by atoms with van der Waals surface area (Å²) in [7, 11) is 0. The first kappa shape index (κ1) is 12.6. The summed E-state index contributed by atoms with van der Waals surface area (Å²) >= 11 is 0. The maximum Gasteiger partial charge on any atom is 0.242 e. The first-order valence-electron chi connectivity index (χ1n) is 6.36. The van der Waals surface area contributed by atoms with E-state index in [-0.39, 0.29) is 11.9 Å². The Morgan fingerprint density at radius 3 is 2.89 bits per heavy atom. The van der Waals surface area contributed by atoms with E-state index < -0.39 is 0 Å². The first-order valence-corrected chi connectivity index (χ1v) is 6.36. The summed E-state index contributed by atoms with van der Waals surface area (Å²) in [6.45, 7) is 5.22. The van der Waals surface area contributed by atoms with Gasteiger partial charge in [0.05, 0.1) is 0 Å². The van der Waals surface area contributed by atoms with Gasteiger partial charge in [-0.1, -0.05) is 31.2 Å². The molecule has 1 aliphatic heterocycles. The smallest absolute Gasteiger partial charge is 0.242 e. The Kier molecular flexibility index (Phi) is 3.65. The van der Waals surface area contributed by atoms with Crippen LogP contribution < -0.4 is 5.32 Å². The summed E-state index contributed by atoms with van der Waals surface area (Å²) in [5.74, 6) is 0.444. The van der Waals surface area contributed by atoms with E-state index in [1.165, 1.54) is 0 Å². The van der Waals surface area contributed by atoms with Crippen molar-refractivity contribution in [1.29, 1.82) is 5.41 Å². The number of nitrogens with one attached hydrogen (secondary N) is 2. The minimum absolute atomic E-state index is 0.00518. The van der Waals surface area contributed by atoms with Gasteiger partial charge in [-0.05, 0) is 18.9 Å². The molecule has 1 aromatic carbocycles. The summed E-state index contributed by atoms with van der Waals surface area (Å²) in [5, 5.41) is 11.0. The number of carbonyl (C=O) groups excluding carboxylic acids is 1. The van der Waals surface area contributed by atoms with Gasteiger partial charge in [0.1, 0.15) is 11.9 Å². The van der Waals surface area contributed by atoms with E-state index >= 15 is 0 Å². The highest BCUT2D eigenvalue weighted by Gasteiger charge is 2.30. The van der Waals surface area contributed by atoms with Crippen LogP contribution >= 0.6 is 0 Å². The fourth-order valence-corrected chi connectivity index (χ4v) is 2.17. The van der Waals surface area contributed by atoms with Crippen LogP contribution in [0.4, 0.5) is 0 Å². The van der Waals surface area contributed by atoms with E-state index in [0.29, 0.717) is 18.9 Å². The van der Waals surface area contributed by atoms with E-state index in [4.69, 9.17) is 5.41 Å². The van der Waals surface area contributed by atoms with E-state index in [1.54, 1.807) is 0 Å². The summed E-state index contributed by atoms with van der Waals surface area (Å²) < 4.78 is 0. The van der Waals surface area contributed by atoms with Crippen LogP contribution in [0.15, 0.2) is 24.3 Å². The second-order valence-electron chi connectivity index (χ2n) is 4.60. The minimum atomic E-state index is -0.295. The third-order valence-corrected chi connectivity index (χ3v) is 3.30. The van der Waals surface area contributed by atoms with Gasteiger partial charge in [0, 0.05) is 18.7 Å². The molecule has 0 aromatic heterocycles. The summed E-state index contributed by atoms with van der Waals surface area (Å²) in [6.07, 6.45) is 0.927. The standard InChI is InChI=1S/C14H19N3O/c1-3-8-16-14(18)10(2)17-9-11-6-4-5-7-12(11)13(17)15/h4-7,10,15H,3,8-9H2,1-2H3,(H,16,18). The summed E-state index contributed by atoms with van der Waals surface area (Å²) in [5.41, 5.74) is 2.06. The van der Waals surface area contributed by atoms with E-state index in [1.807, 2.05) is 43.0 Å². The SMILES string of the molecule is CCCNC(=O)C(C)N1Cc2ccccc2C1=N. The Morgan fingerprint density at radius 2 is 2.22 bits per heavy atom. The number of benzene rings is 1. The highest BCUT2D eigenvalue weighted by atomic mass is 16.2. The maximum atomic E-state index is 11.9. The molecule has 4 heteroatoms. The Bertz CT molecular complexity index is 470. The molecule has 1 unspecified atom stereocenters. The van der Waals surface area contributed by atoms with Crippen LogP contribution in [-0.2, 0) is 11.3 Å². The van der Waals surface area contributed by atoms with Gasteiger partial charge < -0.3 is 10.2 Å². The molecule has 1 atom stereocenters. The average Bonchev–Trinajstić information content (AvgIpc) is 2.73. The molecule has 1 aliphatic rings. The Hall–Kier alpha value is -1.84. The average molecular weight is 245 g/mol. The Balaban J connectivity index is 2.09. The highest BCUT2D eigenvalue weighted by Crippen LogP contribution is 2.24. The molecule has 0 bridgehead atoms. The third kappa shape index (κ3) is 2.23. The topological polar surface area (TPSA) is 56.2 Å². The molecule has 4 nitrogen and oxygen atoms in total. The molecule has 96 valence electrons. The maximum absolute atomic E-state index is 11.9. The highest BCUT2D eigenvalue weighted by molar-refractivity contribution is 6.02. The summed E-state index contributed by atoms with van der Waals surface area (Å²) in [6, 6.07) is 7.56. The van der Waals surface area contributed by atoms with E-state index in [2.05, 4.69) is 5.32 Å². The van der Waals surface area contributed by atoms with Gasteiger partial charge in [0.2, 0.25) is 5.91 Å². The number of carbonyl (C=O) groups is 1. The molecule has 0 saturated carbocycles. The lowest BCUT2D eigenvalue weighted by Gasteiger charge is -2.25. The van der Waals surface area contributed by atoms with Crippen LogP contribution in [0.1, 0.15) is 31.4 Å². The fraction of sp³-hybridized carbons (Fsp3) is 0.429. The molecule has 0 fully saturated rings. The molecule has 0 spiro atoms. The van der Waals surface area contributed by atoms with Gasteiger partial charge in [-0.15, -0.1) is 0 Å². The fourth-order valence-electron chi connectivity index (χ4n) is 2.17. The molecule has 1 aromatic rings. The number of fused-ring (bicyclic) bond motifs is 1. The third-order valence-electron chi connectivity index (χ3n) is 3.30. The second-order valence-corrected chi connectivity index (χ2v) is 4.60. The molecule has 0 radical (unpaired) electrons. The van der Waals surface area contributed by atoms with Gasteiger partial charge in [0.15, 0.2) is 0 Å². The minimum Gasteiger partial charge on any atom is -0.354 e. The van der Waals surface area contributed by atoms with Crippen molar-refractivity contribution in [3.8, 4) is 0 Å². The van der Waals surface area contributed by atoms with Crippen molar-refractivity contribution >= 4 is 11.7 Å². The number of amides is 1. The van der Waals surface area contributed by atoms with Crippen LogP contribution in [-0.4, -0.2) is 29.2 Å². The first-order chi connectivity index (χ1) is 8.65. The van der Waals surface area contributed by atoms with Crippen molar-refractivity contribution in [1.82, 2.24) is 10.2 Å². The van der Waals surface area contributed by atoms with Crippen molar-refractivity contribution in [2.45, 2.75) is 32.9 Å². The number of amidine groups is 1. The molecular weight excluding hydrogens is 226 g/mol. The van der Waals surface area contributed by atoms with Gasteiger partial charge in [0.25, 0.3) is 0 Å². The van der Waals surface area contributed by atoms with Gasteiger partial charge in [-0.3, -0.25) is 10.2 Å². The predicted octanol–water partition coefficient (Wildman–Crippen LogP) is 1.74. The molecule has 1 amide bonds. The van der Waals surface area contributed by atoms with Crippen molar-refractivity contribution in [2.24, 2.45) is 0 Å². The van der Waals surface area contributed by atoms with Crippen LogP contribution in [0.25, 0.3) is 0 Å². The number of hydrogen-bond donors (Lipinski definition) is 2. The number of nitrogens with zero attached hydrogens (tertiary/aromatic N) is 1. The van der Waals surface area contributed by atoms with Crippen molar-refractivity contribution in [3.63, 3.8) is 0 Å². The molecule has 1 heterocycles. The van der Waals surface area contributed by atoms with Crippen molar-refractivity contribution < 1.29 is 4.79 Å². The van der Waals surface area contributed by atoms with E-state index in [9.17, 15) is 4.79 Å². The Labute approximate surface area is 108 Å². The zero-order chi connectivity index (χ0) is 13.1. The monoisotopic (exact) mass is 245 g/mol. The molecule has 0 saturated heterocycles. The summed E-state index contributed by atoms with van der Waals surface area (Å²) in [4.78, 5) is 13.8. The lowest BCUT2D eigenvalue weighted by Crippen LogP contribution is -2.45. The quantitative estimate of drug-likeness (QED) is 0.849. The number of hydrogen-bond acceptors (Lipinski definition) is 2. The van der Waals surface area contributed by atoms with Crippen LogP contribution in [0.5, 0.6) is 0 Å². The second kappa shape index (κ2) is 5.21. The van der Waals surface area contributed by atoms with Crippen LogP contribution in [0.3, 0.4) is 0 Å². The largest absolute Gasteiger partial charge is 0.354 e. The molecule has 0 aliphatic carbocycles. The van der Waals surface area contributed by atoms with E-state index in [0.717, 1.165) is 17.5 Å². The zero-order valence-electron chi connectivity index (χ0n) is 10.9.